The molecule has 0 aliphatic heterocycles. The molecule has 224 valence electrons. The minimum atomic E-state index is -4.41. The van der Waals surface area contributed by atoms with Crippen molar-refractivity contribution < 1.29 is 27.4 Å². The van der Waals surface area contributed by atoms with Gasteiger partial charge in [-0.1, -0.05) is 67.4 Å². The summed E-state index contributed by atoms with van der Waals surface area (Å²) in [6, 6.07) is 21.5. The zero-order chi connectivity index (χ0) is 30.0. The summed E-state index contributed by atoms with van der Waals surface area (Å²) in [7, 11) is 0. The Balaban J connectivity index is 1.40. The van der Waals surface area contributed by atoms with Crippen molar-refractivity contribution in [2.24, 2.45) is 5.92 Å². The number of aromatic nitrogens is 1. The Morgan fingerprint density at radius 2 is 1.56 bits per heavy atom. The van der Waals surface area contributed by atoms with Crippen LogP contribution in [0.4, 0.5) is 17.6 Å². The van der Waals surface area contributed by atoms with E-state index in [1.54, 1.807) is 12.1 Å². The number of fused-ring (bicyclic) bond motifs is 1. The zero-order valence-corrected chi connectivity index (χ0v) is 23.9. The molecule has 1 heterocycles. The molecule has 1 saturated carbocycles. The van der Waals surface area contributed by atoms with Gasteiger partial charge in [-0.3, -0.25) is 4.98 Å². The van der Waals surface area contributed by atoms with E-state index in [1.165, 1.54) is 24.3 Å². The van der Waals surface area contributed by atoms with Crippen molar-refractivity contribution in [1.29, 1.82) is 0 Å². The van der Waals surface area contributed by atoms with Crippen LogP contribution in [0.1, 0.15) is 83.3 Å². The van der Waals surface area contributed by atoms with Gasteiger partial charge in [0.2, 0.25) is 0 Å². The van der Waals surface area contributed by atoms with Gasteiger partial charge in [0.1, 0.15) is 5.82 Å². The van der Waals surface area contributed by atoms with Gasteiger partial charge >= 0.3 is 6.18 Å². The molecule has 4 aromatic rings. The van der Waals surface area contributed by atoms with Crippen molar-refractivity contribution in [3.8, 4) is 11.1 Å². The first-order chi connectivity index (χ1) is 20.8. The van der Waals surface area contributed by atoms with E-state index in [-0.39, 0.29) is 17.7 Å². The molecule has 0 spiro atoms. The van der Waals surface area contributed by atoms with Crippen LogP contribution in [0.3, 0.4) is 0 Å². The molecule has 2 aliphatic rings. The second-order valence-electron chi connectivity index (χ2n) is 11.9. The molecule has 0 amide bonds. The van der Waals surface area contributed by atoms with Crippen molar-refractivity contribution in [3.05, 3.63) is 124 Å². The third-order valence-corrected chi connectivity index (χ3v) is 8.82. The molecule has 6 rings (SSSR count). The second-order valence-corrected chi connectivity index (χ2v) is 11.9. The van der Waals surface area contributed by atoms with E-state index in [0.29, 0.717) is 32.5 Å². The van der Waals surface area contributed by atoms with E-state index in [9.17, 15) is 22.7 Å². The van der Waals surface area contributed by atoms with Gasteiger partial charge in [0.25, 0.3) is 0 Å². The molecule has 1 aromatic heterocycles. The Labute approximate surface area is 249 Å². The number of halogens is 4. The molecule has 1 N–H and O–H groups in total. The van der Waals surface area contributed by atoms with Crippen molar-refractivity contribution in [2.45, 2.75) is 69.8 Å². The third kappa shape index (κ3) is 6.68. The van der Waals surface area contributed by atoms with Crippen LogP contribution in [0.2, 0.25) is 0 Å². The van der Waals surface area contributed by atoms with E-state index < -0.39 is 17.8 Å². The molecule has 0 radical (unpaired) electrons. The highest BCUT2D eigenvalue weighted by molar-refractivity contribution is 5.74. The number of nitrogens with zero attached hydrogens (tertiary/aromatic N) is 1. The Kier molecular flexibility index (Phi) is 8.64. The number of alkyl halides is 3. The predicted molar refractivity (Wildman–Crippen MR) is 158 cm³/mol. The minimum Gasteiger partial charge on any atom is -0.388 e. The van der Waals surface area contributed by atoms with Gasteiger partial charge in [-0.25, -0.2) is 4.39 Å². The minimum absolute atomic E-state index is 0.0805. The lowest BCUT2D eigenvalue weighted by Crippen LogP contribution is -2.26. The maximum absolute atomic E-state index is 14.0. The number of pyridine rings is 1. The lowest BCUT2D eigenvalue weighted by molar-refractivity contribution is -0.137. The lowest BCUT2D eigenvalue weighted by Gasteiger charge is -2.33. The number of benzene rings is 3. The Morgan fingerprint density at radius 3 is 2.23 bits per heavy atom. The molecular formula is C36H35F4NO2. The standard InChI is InChI=1S/C36H35F4NO2/c37-29-16-12-26(13-17-29)33-30(18-23-10-14-28(15-11-23)36(38,39)40)35(27-8-4-5-9-27)41-31-19-25(20-32(42)34(31)33)22-43-21-24-6-2-1-3-7-24/h1-3,6-7,10-17,25,27,32,42H,4-5,8-9,18-22H2. The normalized spacial score (nSPS) is 19.0. The summed E-state index contributed by atoms with van der Waals surface area (Å²) < 4.78 is 60.0. The summed E-state index contributed by atoms with van der Waals surface area (Å²) in [5.74, 6) is -0.0547. The van der Waals surface area contributed by atoms with E-state index in [0.717, 1.165) is 82.6 Å². The highest BCUT2D eigenvalue weighted by atomic mass is 19.4. The summed E-state index contributed by atoms with van der Waals surface area (Å²) in [6.45, 7) is 0.985. The number of hydrogen-bond acceptors (Lipinski definition) is 3. The van der Waals surface area contributed by atoms with Gasteiger partial charge in [0, 0.05) is 22.9 Å². The van der Waals surface area contributed by atoms with Crippen molar-refractivity contribution >= 4 is 0 Å². The van der Waals surface area contributed by atoms with Gasteiger partial charge in [-0.05, 0) is 90.1 Å². The van der Waals surface area contributed by atoms with Gasteiger partial charge in [-0.2, -0.15) is 13.2 Å². The number of rotatable bonds is 8. The van der Waals surface area contributed by atoms with Gasteiger partial charge in [0.05, 0.1) is 24.9 Å². The molecule has 43 heavy (non-hydrogen) atoms. The smallest absolute Gasteiger partial charge is 0.388 e. The largest absolute Gasteiger partial charge is 0.416 e. The number of aliphatic hydroxyl groups is 1. The summed E-state index contributed by atoms with van der Waals surface area (Å²) in [6.07, 6.45) is 0.461. The van der Waals surface area contributed by atoms with Crippen LogP contribution >= 0.6 is 0 Å². The summed E-state index contributed by atoms with van der Waals surface area (Å²) in [5.41, 5.74) is 6.19. The third-order valence-electron chi connectivity index (χ3n) is 8.82. The maximum Gasteiger partial charge on any atom is 0.416 e. The molecule has 0 bridgehead atoms. The lowest BCUT2D eigenvalue weighted by atomic mass is 9.77. The first-order valence-electron chi connectivity index (χ1n) is 15.0. The van der Waals surface area contributed by atoms with Gasteiger partial charge in [0.15, 0.2) is 0 Å². The average Bonchev–Trinajstić information content (AvgIpc) is 3.53. The number of aliphatic hydroxyl groups excluding tert-OH is 1. The van der Waals surface area contributed by atoms with Crippen LogP contribution in [0.15, 0.2) is 78.9 Å². The molecule has 2 unspecified atom stereocenters. The fourth-order valence-corrected chi connectivity index (χ4v) is 6.74. The van der Waals surface area contributed by atoms with Crippen molar-refractivity contribution in [2.75, 3.05) is 6.61 Å². The zero-order valence-electron chi connectivity index (χ0n) is 23.9. The van der Waals surface area contributed by atoms with Crippen molar-refractivity contribution in [3.63, 3.8) is 0 Å². The second kappa shape index (κ2) is 12.6. The topological polar surface area (TPSA) is 42.4 Å². The molecule has 0 saturated heterocycles. The molecule has 3 aromatic carbocycles. The molecule has 2 atom stereocenters. The van der Waals surface area contributed by atoms with Crippen LogP contribution in [0, 0.1) is 11.7 Å². The van der Waals surface area contributed by atoms with E-state index in [4.69, 9.17) is 9.72 Å². The number of ether oxygens (including phenoxy) is 1. The fraction of sp³-hybridized carbons (Fsp3) is 0.361. The van der Waals surface area contributed by atoms with Gasteiger partial charge in [-0.15, -0.1) is 0 Å². The van der Waals surface area contributed by atoms with E-state index >= 15 is 0 Å². The van der Waals surface area contributed by atoms with E-state index in [2.05, 4.69) is 0 Å². The van der Waals surface area contributed by atoms with Crippen molar-refractivity contribution in [1.82, 2.24) is 4.98 Å². The Hall–Kier alpha value is -3.55. The van der Waals surface area contributed by atoms with Crippen LogP contribution in [-0.4, -0.2) is 16.7 Å². The monoisotopic (exact) mass is 589 g/mol. The molecule has 7 heteroatoms. The quantitative estimate of drug-likeness (QED) is 0.209. The molecule has 3 nitrogen and oxygen atoms in total. The predicted octanol–water partition coefficient (Wildman–Crippen LogP) is 8.97. The maximum atomic E-state index is 14.0. The SMILES string of the molecule is OC1CC(COCc2ccccc2)Cc2nc(C3CCCC3)c(Cc3ccc(C(F)(F)F)cc3)c(-c3ccc(F)cc3)c21. The highest BCUT2D eigenvalue weighted by Gasteiger charge is 2.35. The highest BCUT2D eigenvalue weighted by Crippen LogP contribution is 2.46. The molecule has 1 fully saturated rings. The van der Waals surface area contributed by atoms with Gasteiger partial charge < -0.3 is 9.84 Å². The Morgan fingerprint density at radius 1 is 0.860 bits per heavy atom. The fourth-order valence-electron chi connectivity index (χ4n) is 6.74. The van der Waals surface area contributed by atoms with Crippen LogP contribution in [0.5, 0.6) is 0 Å². The first kappa shape index (κ1) is 29.5. The Bertz CT molecular complexity index is 1530. The summed E-state index contributed by atoms with van der Waals surface area (Å²) in [5, 5.41) is 11.6. The molecule has 2 aliphatic carbocycles. The molecular weight excluding hydrogens is 554 g/mol. The first-order valence-corrected chi connectivity index (χ1v) is 15.0. The summed E-state index contributed by atoms with van der Waals surface area (Å²) in [4.78, 5) is 5.25. The average molecular weight is 590 g/mol. The summed E-state index contributed by atoms with van der Waals surface area (Å²) >= 11 is 0. The van der Waals surface area contributed by atoms with E-state index in [1.807, 2.05) is 30.3 Å². The number of hydrogen-bond donors (Lipinski definition) is 1. The van der Waals surface area contributed by atoms with Crippen LogP contribution in [-0.2, 0) is 30.4 Å². The van der Waals surface area contributed by atoms with Crippen LogP contribution < -0.4 is 0 Å². The van der Waals surface area contributed by atoms with Crippen LogP contribution in [0.25, 0.3) is 11.1 Å².